The summed E-state index contributed by atoms with van der Waals surface area (Å²) in [7, 11) is 1.62. The van der Waals surface area contributed by atoms with Crippen molar-refractivity contribution in [3.63, 3.8) is 0 Å². The van der Waals surface area contributed by atoms with Gasteiger partial charge in [-0.1, -0.05) is 18.3 Å². The second-order valence-corrected chi connectivity index (χ2v) is 8.09. The highest BCUT2D eigenvalue weighted by molar-refractivity contribution is 8.00. The van der Waals surface area contributed by atoms with Crippen LogP contribution >= 0.6 is 23.1 Å². The average molecular weight is 416 g/mol. The lowest BCUT2D eigenvalue weighted by molar-refractivity contribution is -0.116. The SMILES string of the molecule is CCCC(=O)Nc1ccc(SCC(=O)Nc2nc3ccc(OC)cc3s2)cc1. The maximum Gasteiger partial charge on any atom is 0.236 e. The Bertz CT molecular complexity index is 970. The summed E-state index contributed by atoms with van der Waals surface area (Å²) in [5.41, 5.74) is 1.59. The zero-order valence-electron chi connectivity index (χ0n) is 15.7. The van der Waals surface area contributed by atoms with Gasteiger partial charge in [0.15, 0.2) is 5.13 Å². The standard InChI is InChI=1S/C20H21N3O3S2/c1-3-4-18(24)21-13-5-8-15(9-6-13)27-12-19(25)23-20-22-16-10-7-14(26-2)11-17(16)28-20/h5-11H,3-4,12H2,1-2H3,(H,21,24)(H,22,23,25). The Kier molecular flexibility index (Phi) is 6.89. The van der Waals surface area contributed by atoms with Crippen molar-refractivity contribution in [1.29, 1.82) is 0 Å². The molecule has 28 heavy (non-hydrogen) atoms. The smallest absolute Gasteiger partial charge is 0.236 e. The molecule has 2 aromatic carbocycles. The van der Waals surface area contributed by atoms with E-state index in [4.69, 9.17) is 4.74 Å². The van der Waals surface area contributed by atoms with E-state index in [1.54, 1.807) is 7.11 Å². The minimum Gasteiger partial charge on any atom is -0.497 e. The molecule has 0 saturated carbocycles. The number of nitrogens with zero attached hydrogens (tertiary/aromatic N) is 1. The lowest BCUT2D eigenvalue weighted by Crippen LogP contribution is -2.13. The Morgan fingerprint density at radius 1 is 1.11 bits per heavy atom. The number of rotatable bonds is 8. The van der Waals surface area contributed by atoms with Crippen LogP contribution in [0.25, 0.3) is 10.2 Å². The highest BCUT2D eigenvalue weighted by Crippen LogP contribution is 2.29. The highest BCUT2D eigenvalue weighted by Gasteiger charge is 2.09. The molecular weight excluding hydrogens is 394 g/mol. The molecule has 0 bridgehead atoms. The quantitative estimate of drug-likeness (QED) is 0.518. The molecule has 146 valence electrons. The summed E-state index contributed by atoms with van der Waals surface area (Å²) in [4.78, 5) is 29.2. The summed E-state index contributed by atoms with van der Waals surface area (Å²) in [6.45, 7) is 1.97. The van der Waals surface area contributed by atoms with Crippen molar-refractivity contribution in [3.05, 3.63) is 42.5 Å². The monoisotopic (exact) mass is 415 g/mol. The number of amides is 2. The fourth-order valence-electron chi connectivity index (χ4n) is 2.47. The number of nitrogens with one attached hydrogen (secondary N) is 2. The summed E-state index contributed by atoms with van der Waals surface area (Å²) in [5, 5.41) is 6.26. The third-order valence-electron chi connectivity index (χ3n) is 3.83. The molecule has 3 aromatic rings. The molecule has 0 atom stereocenters. The summed E-state index contributed by atoms with van der Waals surface area (Å²) in [6.07, 6.45) is 1.33. The normalized spacial score (nSPS) is 10.6. The molecule has 6 nitrogen and oxygen atoms in total. The van der Waals surface area contributed by atoms with E-state index >= 15 is 0 Å². The van der Waals surface area contributed by atoms with Gasteiger partial charge < -0.3 is 15.4 Å². The summed E-state index contributed by atoms with van der Waals surface area (Å²) in [5.74, 6) is 0.937. The van der Waals surface area contributed by atoms with Crippen molar-refractivity contribution in [3.8, 4) is 5.75 Å². The molecular formula is C20H21N3O3S2. The predicted octanol–water partition coefficient (Wildman–Crippen LogP) is 4.77. The van der Waals surface area contributed by atoms with Gasteiger partial charge in [0.2, 0.25) is 11.8 Å². The molecule has 0 saturated heterocycles. The summed E-state index contributed by atoms with van der Waals surface area (Å²) >= 11 is 2.85. The molecule has 0 aliphatic carbocycles. The summed E-state index contributed by atoms with van der Waals surface area (Å²) < 4.78 is 6.17. The molecule has 3 rings (SSSR count). The number of ether oxygens (including phenoxy) is 1. The summed E-state index contributed by atoms with van der Waals surface area (Å²) in [6, 6.07) is 13.1. The van der Waals surface area contributed by atoms with Gasteiger partial charge in [-0.2, -0.15) is 0 Å². The van der Waals surface area contributed by atoms with Crippen molar-refractivity contribution >= 4 is 55.9 Å². The van der Waals surface area contributed by atoms with Crippen LogP contribution < -0.4 is 15.4 Å². The highest BCUT2D eigenvalue weighted by atomic mass is 32.2. The third-order valence-corrected chi connectivity index (χ3v) is 5.77. The molecule has 0 radical (unpaired) electrons. The van der Waals surface area contributed by atoms with Crippen LogP contribution in [-0.4, -0.2) is 29.7 Å². The van der Waals surface area contributed by atoms with Gasteiger partial charge >= 0.3 is 0 Å². The first-order chi connectivity index (χ1) is 13.6. The van der Waals surface area contributed by atoms with Crippen LogP contribution in [0.2, 0.25) is 0 Å². The number of hydrogen-bond donors (Lipinski definition) is 2. The van der Waals surface area contributed by atoms with Crippen molar-refractivity contribution in [2.45, 2.75) is 24.7 Å². The number of thiazole rings is 1. The van der Waals surface area contributed by atoms with Crippen molar-refractivity contribution in [2.75, 3.05) is 23.5 Å². The van der Waals surface area contributed by atoms with E-state index in [1.807, 2.05) is 49.4 Å². The molecule has 2 N–H and O–H groups in total. The van der Waals surface area contributed by atoms with E-state index in [2.05, 4.69) is 15.6 Å². The fraction of sp³-hybridized carbons (Fsp3) is 0.250. The lowest BCUT2D eigenvalue weighted by atomic mass is 10.3. The third kappa shape index (κ3) is 5.46. The van der Waals surface area contributed by atoms with Crippen LogP contribution in [0.15, 0.2) is 47.4 Å². The van der Waals surface area contributed by atoms with E-state index < -0.39 is 0 Å². The molecule has 8 heteroatoms. The topological polar surface area (TPSA) is 80.3 Å². The molecule has 0 aliphatic heterocycles. The first kappa shape index (κ1) is 20.2. The number of carbonyl (C=O) groups excluding carboxylic acids is 2. The predicted molar refractivity (Wildman–Crippen MR) is 116 cm³/mol. The van der Waals surface area contributed by atoms with Gasteiger partial charge in [-0.25, -0.2) is 4.98 Å². The first-order valence-electron chi connectivity index (χ1n) is 8.84. The molecule has 1 heterocycles. The average Bonchev–Trinajstić information content (AvgIpc) is 3.08. The van der Waals surface area contributed by atoms with Gasteiger partial charge in [0.05, 0.1) is 23.1 Å². The molecule has 0 fully saturated rings. The molecule has 2 amide bonds. The first-order valence-corrected chi connectivity index (χ1v) is 10.6. The number of carbonyl (C=O) groups is 2. The van der Waals surface area contributed by atoms with Gasteiger partial charge in [-0.15, -0.1) is 11.8 Å². The van der Waals surface area contributed by atoms with Crippen LogP contribution in [-0.2, 0) is 9.59 Å². The number of benzene rings is 2. The van der Waals surface area contributed by atoms with E-state index in [0.29, 0.717) is 11.6 Å². The van der Waals surface area contributed by atoms with E-state index in [0.717, 1.165) is 33.0 Å². The number of fused-ring (bicyclic) bond motifs is 1. The Morgan fingerprint density at radius 3 is 2.61 bits per heavy atom. The van der Waals surface area contributed by atoms with Crippen molar-refractivity contribution in [2.24, 2.45) is 0 Å². The van der Waals surface area contributed by atoms with Gasteiger partial charge in [-0.3, -0.25) is 9.59 Å². The number of thioether (sulfide) groups is 1. The Morgan fingerprint density at radius 2 is 1.89 bits per heavy atom. The number of hydrogen-bond acceptors (Lipinski definition) is 6. The Hall–Kier alpha value is -2.58. The van der Waals surface area contributed by atoms with Gasteiger partial charge in [0.1, 0.15) is 5.75 Å². The number of anilines is 2. The molecule has 0 unspecified atom stereocenters. The Balaban J connectivity index is 1.52. The zero-order chi connectivity index (χ0) is 19.9. The van der Waals surface area contributed by atoms with Gasteiger partial charge in [-0.05, 0) is 48.9 Å². The van der Waals surface area contributed by atoms with Crippen molar-refractivity contribution in [1.82, 2.24) is 4.98 Å². The molecule has 0 spiro atoms. The maximum atomic E-state index is 12.2. The molecule has 0 aliphatic rings. The maximum absolute atomic E-state index is 12.2. The number of methoxy groups -OCH3 is 1. The van der Waals surface area contributed by atoms with Crippen molar-refractivity contribution < 1.29 is 14.3 Å². The van der Waals surface area contributed by atoms with Crippen LogP contribution in [0.4, 0.5) is 10.8 Å². The van der Waals surface area contributed by atoms with Crippen LogP contribution in [0.1, 0.15) is 19.8 Å². The second-order valence-electron chi connectivity index (χ2n) is 6.01. The van der Waals surface area contributed by atoms with Crippen LogP contribution in [0.5, 0.6) is 5.75 Å². The minimum absolute atomic E-state index is 0.00994. The number of aromatic nitrogens is 1. The largest absolute Gasteiger partial charge is 0.497 e. The zero-order valence-corrected chi connectivity index (χ0v) is 17.3. The van der Waals surface area contributed by atoms with E-state index in [9.17, 15) is 9.59 Å². The minimum atomic E-state index is -0.114. The Labute approximate surface area is 171 Å². The van der Waals surface area contributed by atoms with Crippen LogP contribution in [0.3, 0.4) is 0 Å². The van der Waals surface area contributed by atoms with Gasteiger partial charge in [0, 0.05) is 17.0 Å². The lowest BCUT2D eigenvalue weighted by Gasteiger charge is -2.06. The van der Waals surface area contributed by atoms with E-state index in [1.165, 1.54) is 23.1 Å². The van der Waals surface area contributed by atoms with Crippen LogP contribution in [0, 0.1) is 0 Å². The fourth-order valence-corrected chi connectivity index (χ4v) is 4.08. The molecule has 1 aromatic heterocycles. The van der Waals surface area contributed by atoms with Gasteiger partial charge in [0.25, 0.3) is 0 Å². The second kappa shape index (κ2) is 9.57. The van der Waals surface area contributed by atoms with E-state index in [-0.39, 0.29) is 17.6 Å².